The van der Waals surface area contributed by atoms with Crippen molar-refractivity contribution in [1.29, 1.82) is 0 Å². The van der Waals surface area contributed by atoms with Crippen LogP contribution in [0, 0.1) is 5.92 Å². The molecule has 3 rings (SSSR count). The Balaban J connectivity index is 1.86. The zero-order valence-corrected chi connectivity index (χ0v) is 27.6. The Morgan fingerprint density at radius 3 is 2.45 bits per heavy atom. The van der Waals surface area contributed by atoms with E-state index in [0.717, 1.165) is 44.9 Å². The average Bonchev–Trinajstić information content (AvgIpc) is 2.98. The van der Waals surface area contributed by atoms with E-state index in [1.807, 2.05) is 27.7 Å². The van der Waals surface area contributed by atoms with Gasteiger partial charge in [-0.15, -0.1) is 0 Å². The number of rotatable bonds is 7. The van der Waals surface area contributed by atoms with E-state index in [0.29, 0.717) is 36.7 Å². The van der Waals surface area contributed by atoms with E-state index in [1.165, 1.54) is 6.42 Å². The van der Waals surface area contributed by atoms with Gasteiger partial charge < -0.3 is 40.3 Å². The van der Waals surface area contributed by atoms with Crippen LogP contribution < -0.4 is 20.7 Å². The average molecular weight is 618 g/mol. The standard InChI is InChI=1S/C33H55N5O6/c1-22(2)34-32(41)35-27-15-16-29-28(18-27)31(40)38(24(4)21-39)19-23(3)30(43-17-11-10-12-25(5)44-29)20-37(6)33(42)36-26-13-8-7-9-14-26/h15-16,18,22-26,30,39H,7-14,17,19-21H2,1-6H3,(H,36,42)(H2,34,35,41)/t23-,24+,25-,30-/m1/s1. The molecule has 44 heavy (non-hydrogen) atoms. The number of hydrogen-bond acceptors (Lipinski definition) is 6. The van der Waals surface area contributed by atoms with Crippen LogP contribution in [0.25, 0.3) is 0 Å². The summed E-state index contributed by atoms with van der Waals surface area (Å²) >= 11 is 0. The first-order chi connectivity index (χ1) is 21.0. The quantitative estimate of drug-likeness (QED) is 0.341. The monoisotopic (exact) mass is 617 g/mol. The van der Waals surface area contributed by atoms with Crippen molar-refractivity contribution < 1.29 is 29.0 Å². The summed E-state index contributed by atoms with van der Waals surface area (Å²) in [6, 6.07) is 4.28. The predicted octanol–water partition coefficient (Wildman–Crippen LogP) is 4.99. The van der Waals surface area contributed by atoms with Gasteiger partial charge >= 0.3 is 12.1 Å². The Morgan fingerprint density at radius 1 is 1.07 bits per heavy atom. The number of aliphatic hydroxyl groups is 1. The molecule has 5 amide bonds. The number of carbonyl (C=O) groups excluding carboxylic acids is 3. The lowest BCUT2D eigenvalue weighted by Gasteiger charge is -2.36. The molecule has 4 atom stereocenters. The molecule has 0 unspecified atom stereocenters. The van der Waals surface area contributed by atoms with Crippen LogP contribution in [0.1, 0.15) is 96.3 Å². The van der Waals surface area contributed by atoms with Crippen molar-refractivity contribution in [2.75, 3.05) is 38.7 Å². The van der Waals surface area contributed by atoms with Crippen LogP contribution in [0.2, 0.25) is 0 Å². The lowest BCUT2D eigenvalue weighted by atomic mass is 9.96. The minimum absolute atomic E-state index is 0.0481. The van der Waals surface area contributed by atoms with E-state index in [9.17, 15) is 19.5 Å². The fraction of sp³-hybridized carbons (Fsp3) is 0.727. The van der Waals surface area contributed by atoms with Gasteiger partial charge in [-0.05, 0) is 78.0 Å². The number of urea groups is 2. The first-order valence-electron chi connectivity index (χ1n) is 16.4. The van der Waals surface area contributed by atoms with Crippen LogP contribution in [0.3, 0.4) is 0 Å². The fourth-order valence-electron chi connectivity index (χ4n) is 5.78. The Hall–Kier alpha value is -3.05. The Labute approximate surface area is 263 Å². The van der Waals surface area contributed by atoms with Crippen LogP contribution >= 0.6 is 0 Å². The number of ether oxygens (including phenoxy) is 2. The van der Waals surface area contributed by atoms with Gasteiger partial charge in [-0.2, -0.15) is 0 Å². The van der Waals surface area contributed by atoms with Crippen molar-refractivity contribution in [3.05, 3.63) is 23.8 Å². The van der Waals surface area contributed by atoms with Crippen LogP contribution in [-0.4, -0.2) is 96.6 Å². The third-order valence-electron chi connectivity index (χ3n) is 8.46. The molecule has 11 heteroatoms. The molecule has 0 radical (unpaired) electrons. The molecule has 0 aromatic heterocycles. The van der Waals surface area contributed by atoms with Crippen LogP contribution in [0.15, 0.2) is 18.2 Å². The van der Waals surface area contributed by atoms with Crippen molar-refractivity contribution in [3.8, 4) is 5.75 Å². The first kappa shape index (κ1) is 35.4. The van der Waals surface area contributed by atoms with Gasteiger partial charge in [0.1, 0.15) is 5.75 Å². The van der Waals surface area contributed by atoms with Gasteiger partial charge in [0, 0.05) is 50.4 Å². The summed E-state index contributed by atoms with van der Waals surface area (Å²) in [6.45, 7) is 10.5. The minimum atomic E-state index is -0.489. The molecule has 0 spiro atoms. The lowest BCUT2D eigenvalue weighted by molar-refractivity contribution is -0.0123. The molecule has 1 heterocycles. The zero-order valence-electron chi connectivity index (χ0n) is 27.6. The Bertz CT molecular complexity index is 1080. The second kappa shape index (κ2) is 17.4. The maximum atomic E-state index is 14.2. The highest BCUT2D eigenvalue weighted by atomic mass is 16.5. The SMILES string of the molecule is CC(C)NC(=O)Nc1ccc2c(c1)C(=O)N([C@@H](C)CO)C[C@@H](C)[C@@H](CN(C)C(=O)NC1CCCCC1)OCCCC[C@@H](C)O2. The van der Waals surface area contributed by atoms with Crippen molar-refractivity contribution in [3.63, 3.8) is 0 Å². The van der Waals surface area contributed by atoms with Crippen molar-refractivity contribution in [2.45, 2.75) is 116 Å². The number of benzene rings is 1. The second-order valence-corrected chi connectivity index (χ2v) is 12.9. The number of nitrogens with one attached hydrogen (secondary N) is 3. The summed E-state index contributed by atoms with van der Waals surface area (Å²) in [5, 5.41) is 18.9. The van der Waals surface area contributed by atoms with Gasteiger partial charge in [-0.3, -0.25) is 4.79 Å². The second-order valence-electron chi connectivity index (χ2n) is 12.9. The van der Waals surface area contributed by atoms with E-state index in [-0.39, 0.29) is 54.8 Å². The number of aliphatic hydroxyl groups excluding tert-OH is 1. The summed E-state index contributed by atoms with van der Waals surface area (Å²) in [6.07, 6.45) is 7.54. The molecular weight excluding hydrogens is 562 g/mol. The first-order valence-corrected chi connectivity index (χ1v) is 16.4. The number of hydrogen-bond donors (Lipinski definition) is 4. The molecule has 11 nitrogen and oxygen atoms in total. The van der Waals surface area contributed by atoms with Gasteiger partial charge in [0.25, 0.3) is 5.91 Å². The maximum Gasteiger partial charge on any atom is 0.319 e. The number of fused-ring (bicyclic) bond motifs is 1. The summed E-state index contributed by atoms with van der Waals surface area (Å²) in [5.74, 6) is -0.0287. The van der Waals surface area contributed by atoms with Crippen molar-refractivity contribution in [1.82, 2.24) is 20.4 Å². The number of anilines is 1. The summed E-state index contributed by atoms with van der Waals surface area (Å²) in [7, 11) is 1.79. The zero-order chi connectivity index (χ0) is 32.2. The highest BCUT2D eigenvalue weighted by Gasteiger charge is 2.31. The van der Waals surface area contributed by atoms with E-state index in [1.54, 1.807) is 42.0 Å². The van der Waals surface area contributed by atoms with Crippen LogP contribution in [-0.2, 0) is 4.74 Å². The molecule has 4 N–H and O–H groups in total. The lowest BCUT2D eigenvalue weighted by Crippen LogP contribution is -2.50. The maximum absolute atomic E-state index is 14.2. The third kappa shape index (κ3) is 10.8. The number of amides is 5. The molecule has 248 valence electrons. The molecule has 2 aliphatic rings. The molecule has 1 saturated carbocycles. The molecule has 1 aromatic rings. The van der Waals surface area contributed by atoms with Crippen molar-refractivity contribution in [2.24, 2.45) is 5.92 Å². The summed E-state index contributed by atoms with van der Waals surface area (Å²) in [5.41, 5.74) is 0.772. The van der Waals surface area contributed by atoms with E-state index in [4.69, 9.17) is 9.47 Å². The van der Waals surface area contributed by atoms with Gasteiger partial charge in [0.05, 0.1) is 30.4 Å². The van der Waals surface area contributed by atoms with Gasteiger partial charge in [-0.25, -0.2) is 9.59 Å². The number of likely N-dealkylation sites (N-methyl/N-ethyl adjacent to an activating group) is 1. The topological polar surface area (TPSA) is 132 Å². The molecule has 1 aliphatic carbocycles. The van der Waals surface area contributed by atoms with E-state index >= 15 is 0 Å². The molecule has 1 fully saturated rings. The summed E-state index contributed by atoms with van der Waals surface area (Å²) < 4.78 is 12.6. The van der Waals surface area contributed by atoms with E-state index < -0.39 is 6.04 Å². The highest BCUT2D eigenvalue weighted by molar-refractivity contribution is 5.99. The molecule has 1 aliphatic heterocycles. The molecular formula is C33H55N5O6. The number of carbonyl (C=O) groups is 3. The van der Waals surface area contributed by atoms with Crippen molar-refractivity contribution >= 4 is 23.7 Å². The minimum Gasteiger partial charge on any atom is -0.490 e. The van der Waals surface area contributed by atoms with Crippen LogP contribution in [0.5, 0.6) is 5.75 Å². The van der Waals surface area contributed by atoms with Crippen LogP contribution in [0.4, 0.5) is 15.3 Å². The highest BCUT2D eigenvalue weighted by Crippen LogP contribution is 2.28. The fourth-order valence-corrected chi connectivity index (χ4v) is 5.78. The molecule has 0 saturated heterocycles. The van der Waals surface area contributed by atoms with Gasteiger partial charge in [0.2, 0.25) is 0 Å². The molecule has 0 bridgehead atoms. The number of nitrogens with zero attached hydrogens (tertiary/aromatic N) is 2. The normalized spacial score (nSPS) is 23.1. The van der Waals surface area contributed by atoms with Gasteiger partial charge in [0.15, 0.2) is 0 Å². The summed E-state index contributed by atoms with van der Waals surface area (Å²) in [4.78, 5) is 43.0. The predicted molar refractivity (Wildman–Crippen MR) is 172 cm³/mol. The smallest absolute Gasteiger partial charge is 0.319 e. The Morgan fingerprint density at radius 2 is 1.77 bits per heavy atom. The Kier molecular flexibility index (Phi) is 14.0. The molecule has 1 aromatic carbocycles. The van der Waals surface area contributed by atoms with E-state index in [2.05, 4.69) is 16.0 Å². The largest absolute Gasteiger partial charge is 0.490 e. The van der Waals surface area contributed by atoms with Gasteiger partial charge in [-0.1, -0.05) is 26.2 Å². The third-order valence-corrected chi connectivity index (χ3v) is 8.46.